The summed E-state index contributed by atoms with van der Waals surface area (Å²) in [6.07, 6.45) is -1.91. The number of amides is 2. The quantitative estimate of drug-likeness (QED) is 0.620. The van der Waals surface area contributed by atoms with Crippen molar-refractivity contribution in [2.24, 2.45) is 0 Å². The number of nitrogens with zero attached hydrogens (tertiary/aromatic N) is 1. The minimum atomic E-state index is -4.04. The molecule has 4 rings (SSSR count). The number of methoxy groups -OCH3 is 1. The second kappa shape index (κ2) is 9.26. The van der Waals surface area contributed by atoms with Crippen LogP contribution in [0.15, 0.2) is 48.5 Å². The van der Waals surface area contributed by atoms with Gasteiger partial charge in [0.15, 0.2) is 0 Å². The van der Waals surface area contributed by atoms with E-state index in [0.717, 1.165) is 22.3 Å². The lowest BCUT2D eigenvalue weighted by molar-refractivity contribution is -0.168. The number of carboxylic acid groups (broad SMARTS) is 1. The SMILES string of the molecule is COC1CN(C(=O)C(F)(F)CNC(=O)OCC2c3ccccc3-c3ccccc32)C(C)(C(=O)O)C1. The van der Waals surface area contributed by atoms with Crippen molar-refractivity contribution in [3.63, 3.8) is 0 Å². The maximum Gasteiger partial charge on any atom is 0.407 e. The summed E-state index contributed by atoms with van der Waals surface area (Å²) in [5.74, 6) is -7.39. The largest absolute Gasteiger partial charge is 0.480 e. The van der Waals surface area contributed by atoms with E-state index in [2.05, 4.69) is 0 Å². The summed E-state index contributed by atoms with van der Waals surface area (Å²) in [6.45, 7) is -0.496. The van der Waals surface area contributed by atoms with Crippen molar-refractivity contribution < 1.29 is 37.7 Å². The van der Waals surface area contributed by atoms with Crippen molar-refractivity contribution in [3.05, 3.63) is 59.7 Å². The molecular formula is C25H26F2N2O6. The molecule has 0 radical (unpaired) electrons. The number of rotatable bonds is 7. The van der Waals surface area contributed by atoms with Crippen molar-refractivity contribution in [3.8, 4) is 11.1 Å². The molecule has 2 N–H and O–H groups in total. The second-order valence-corrected chi connectivity index (χ2v) is 8.94. The van der Waals surface area contributed by atoms with E-state index in [-0.39, 0.29) is 25.5 Å². The lowest BCUT2D eigenvalue weighted by atomic mass is 9.98. The van der Waals surface area contributed by atoms with Crippen LogP contribution in [0, 0.1) is 0 Å². The van der Waals surface area contributed by atoms with Crippen molar-refractivity contribution in [1.82, 2.24) is 10.2 Å². The standard InChI is InChI=1S/C25H26F2N2O6/c1-24(22(31)32)11-15(34-2)12-29(24)21(30)25(26,27)14-28-23(33)35-13-20-18-9-5-3-7-16(18)17-8-4-6-10-19(17)20/h3-10,15,20H,11-14H2,1-2H3,(H,28,33)(H,31,32). The van der Waals surface area contributed by atoms with Gasteiger partial charge in [0.25, 0.3) is 5.91 Å². The van der Waals surface area contributed by atoms with E-state index in [0.29, 0.717) is 4.90 Å². The summed E-state index contributed by atoms with van der Waals surface area (Å²) in [4.78, 5) is 37.1. The highest BCUT2D eigenvalue weighted by Crippen LogP contribution is 2.44. The van der Waals surface area contributed by atoms with E-state index in [1.807, 2.05) is 53.8 Å². The normalized spacial score (nSPS) is 21.4. The predicted molar refractivity (Wildman–Crippen MR) is 121 cm³/mol. The lowest BCUT2D eigenvalue weighted by Crippen LogP contribution is -2.58. The maximum atomic E-state index is 14.7. The first-order valence-electron chi connectivity index (χ1n) is 11.1. The van der Waals surface area contributed by atoms with Crippen molar-refractivity contribution in [1.29, 1.82) is 0 Å². The molecular weight excluding hydrogens is 462 g/mol. The van der Waals surface area contributed by atoms with Crippen LogP contribution >= 0.6 is 0 Å². The summed E-state index contributed by atoms with van der Waals surface area (Å²) in [5.41, 5.74) is 2.14. The molecule has 2 aromatic carbocycles. The molecule has 0 saturated carbocycles. The molecule has 1 aliphatic carbocycles. The number of carboxylic acids is 1. The van der Waals surface area contributed by atoms with Gasteiger partial charge in [0.2, 0.25) is 0 Å². The number of nitrogens with one attached hydrogen (secondary N) is 1. The molecule has 2 amide bonds. The number of benzene rings is 2. The van der Waals surface area contributed by atoms with Gasteiger partial charge in [0.1, 0.15) is 12.1 Å². The van der Waals surface area contributed by atoms with E-state index in [4.69, 9.17) is 9.47 Å². The third-order valence-corrected chi connectivity index (χ3v) is 6.76. The van der Waals surface area contributed by atoms with Gasteiger partial charge in [-0.15, -0.1) is 0 Å². The molecule has 35 heavy (non-hydrogen) atoms. The lowest BCUT2D eigenvalue weighted by Gasteiger charge is -2.33. The van der Waals surface area contributed by atoms with E-state index in [1.54, 1.807) is 0 Å². The third-order valence-electron chi connectivity index (χ3n) is 6.76. The van der Waals surface area contributed by atoms with Gasteiger partial charge in [-0.3, -0.25) is 4.79 Å². The van der Waals surface area contributed by atoms with Gasteiger partial charge in [0, 0.05) is 26.0 Å². The maximum absolute atomic E-state index is 14.7. The molecule has 2 aliphatic rings. The highest BCUT2D eigenvalue weighted by Gasteiger charge is 2.56. The molecule has 0 aromatic heterocycles. The van der Waals surface area contributed by atoms with Gasteiger partial charge < -0.3 is 24.8 Å². The molecule has 0 bridgehead atoms. The number of aliphatic carboxylic acids is 1. The molecule has 1 heterocycles. The van der Waals surface area contributed by atoms with Gasteiger partial charge in [-0.1, -0.05) is 48.5 Å². The Morgan fingerprint density at radius 2 is 1.69 bits per heavy atom. The Morgan fingerprint density at radius 3 is 2.23 bits per heavy atom. The fourth-order valence-corrected chi connectivity index (χ4v) is 4.80. The molecule has 186 valence electrons. The zero-order valence-electron chi connectivity index (χ0n) is 19.3. The number of carbonyl (C=O) groups excluding carboxylic acids is 2. The molecule has 2 aromatic rings. The van der Waals surface area contributed by atoms with Crippen molar-refractivity contribution >= 4 is 18.0 Å². The highest BCUT2D eigenvalue weighted by molar-refractivity contribution is 5.91. The average Bonchev–Trinajstić information content (AvgIpc) is 3.36. The number of hydrogen-bond donors (Lipinski definition) is 2. The molecule has 2 atom stereocenters. The smallest absolute Gasteiger partial charge is 0.407 e. The van der Waals surface area contributed by atoms with E-state index in [9.17, 15) is 28.3 Å². The van der Waals surface area contributed by atoms with Gasteiger partial charge in [-0.05, 0) is 29.2 Å². The number of likely N-dealkylation sites (tertiary alicyclic amines) is 1. The average molecular weight is 488 g/mol. The minimum absolute atomic E-state index is 0.0713. The second-order valence-electron chi connectivity index (χ2n) is 8.94. The summed E-state index contributed by atoms with van der Waals surface area (Å²) < 4.78 is 39.7. The zero-order valence-corrected chi connectivity index (χ0v) is 19.3. The number of hydrogen-bond acceptors (Lipinski definition) is 5. The van der Waals surface area contributed by atoms with Crippen molar-refractivity contribution in [2.45, 2.75) is 36.8 Å². The highest BCUT2D eigenvalue weighted by atomic mass is 19.3. The summed E-state index contributed by atoms with van der Waals surface area (Å²) in [7, 11) is 1.32. The molecule has 10 heteroatoms. The fourth-order valence-electron chi connectivity index (χ4n) is 4.80. The molecule has 1 aliphatic heterocycles. The Kier molecular flexibility index (Phi) is 6.50. The first-order chi connectivity index (χ1) is 16.6. The van der Waals surface area contributed by atoms with E-state index in [1.165, 1.54) is 14.0 Å². The molecule has 1 fully saturated rings. The Labute approximate surface area is 200 Å². The van der Waals surface area contributed by atoms with Crippen LogP contribution < -0.4 is 5.32 Å². The summed E-state index contributed by atoms with van der Waals surface area (Å²) in [5, 5.41) is 11.5. The number of halogens is 2. The van der Waals surface area contributed by atoms with Crippen LogP contribution in [-0.4, -0.2) is 72.3 Å². The summed E-state index contributed by atoms with van der Waals surface area (Å²) >= 11 is 0. The van der Waals surface area contributed by atoms with Gasteiger partial charge >= 0.3 is 18.0 Å². The molecule has 2 unspecified atom stereocenters. The Balaban J connectivity index is 1.38. The Hall–Kier alpha value is -3.53. The van der Waals surface area contributed by atoms with E-state index < -0.39 is 42.1 Å². The molecule has 0 spiro atoms. The van der Waals surface area contributed by atoms with Gasteiger partial charge in [0.05, 0.1) is 12.6 Å². The predicted octanol–water partition coefficient (Wildman–Crippen LogP) is 3.25. The number of ether oxygens (including phenoxy) is 2. The monoisotopic (exact) mass is 488 g/mol. The molecule has 1 saturated heterocycles. The molecule has 8 nitrogen and oxygen atoms in total. The van der Waals surface area contributed by atoms with Crippen LogP contribution in [0.1, 0.15) is 30.4 Å². The Bertz CT molecular complexity index is 1110. The Morgan fingerprint density at radius 1 is 1.11 bits per heavy atom. The zero-order chi connectivity index (χ0) is 25.4. The topological polar surface area (TPSA) is 105 Å². The number of carbonyl (C=O) groups is 3. The van der Waals surface area contributed by atoms with Crippen LogP contribution in [-0.2, 0) is 19.1 Å². The van der Waals surface area contributed by atoms with Crippen LogP contribution in [0.5, 0.6) is 0 Å². The van der Waals surface area contributed by atoms with Crippen LogP contribution in [0.4, 0.5) is 13.6 Å². The van der Waals surface area contributed by atoms with Gasteiger partial charge in [-0.2, -0.15) is 8.78 Å². The first kappa shape index (κ1) is 24.6. The number of fused-ring (bicyclic) bond motifs is 3. The summed E-state index contributed by atoms with van der Waals surface area (Å²) in [6, 6.07) is 15.4. The van der Waals surface area contributed by atoms with Crippen LogP contribution in [0.3, 0.4) is 0 Å². The third kappa shape index (κ3) is 4.45. The van der Waals surface area contributed by atoms with Crippen LogP contribution in [0.25, 0.3) is 11.1 Å². The van der Waals surface area contributed by atoms with E-state index >= 15 is 0 Å². The number of alkyl halides is 2. The van der Waals surface area contributed by atoms with Crippen molar-refractivity contribution in [2.75, 3.05) is 26.8 Å². The minimum Gasteiger partial charge on any atom is -0.480 e. The number of alkyl carbamates (subject to hydrolysis) is 1. The van der Waals surface area contributed by atoms with Crippen LogP contribution in [0.2, 0.25) is 0 Å². The fraction of sp³-hybridized carbons (Fsp3) is 0.400. The first-order valence-corrected chi connectivity index (χ1v) is 11.1. The van der Waals surface area contributed by atoms with Gasteiger partial charge in [-0.25, -0.2) is 9.59 Å².